The van der Waals surface area contributed by atoms with Gasteiger partial charge in [0.25, 0.3) is 0 Å². The van der Waals surface area contributed by atoms with Crippen molar-refractivity contribution in [3.8, 4) is 0 Å². The number of nitrogens with one attached hydrogen (secondary N) is 1. The lowest BCUT2D eigenvalue weighted by Gasteiger charge is -2.37. The van der Waals surface area contributed by atoms with Crippen molar-refractivity contribution in [3.63, 3.8) is 0 Å². The predicted octanol–water partition coefficient (Wildman–Crippen LogP) is 10.7. The Morgan fingerprint density at radius 3 is 0.819 bits per heavy atom. The van der Waals surface area contributed by atoms with Gasteiger partial charge in [-0.25, -0.2) is 0 Å². The van der Waals surface area contributed by atoms with Crippen LogP contribution in [-0.2, 0) is 104 Å². The van der Waals surface area contributed by atoms with E-state index in [1.54, 1.807) is 42.2 Å². The quantitative estimate of drug-likeness (QED) is 0.0337. The Bertz CT molecular complexity index is 5030. The number of primary amides is 1. The highest BCUT2D eigenvalue weighted by atomic mass is 16.2. The van der Waals surface area contributed by atoms with Crippen molar-refractivity contribution in [1.29, 1.82) is 0 Å². The molecule has 0 bridgehead atoms. The van der Waals surface area contributed by atoms with E-state index in [2.05, 4.69) is 5.32 Å². The number of carbonyl (C=O) groups excluding carboxylic acids is 9. The van der Waals surface area contributed by atoms with E-state index in [1.807, 2.05) is 254 Å². The molecular formula is C99H132N19O9+3. The predicted molar refractivity (Wildman–Crippen MR) is 481 cm³/mol. The first-order valence-corrected chi connectivity index (χ1v) is 45.7. The highest BCUT2D eigenvalue weighted by molar-refractivity contribution is 5.94. The van der Waals surface area contributed by atoms with Crippen LogP contribution in [0.25, 0.3) is 0 Å². The van der Waals surface area contributed by atoms with Crippen molar-refractivity contribution >= 4 is 53.2 Å². The highest BCUT2D eigenvalue weighted by Gasteiger charge is 2.40. The summed E-state index contributed by atoms with van der Waals surface area (Å²) in [5, 5.41) is 18.0. The van der Waals surface area contributed by atoms with Crippen molar-refractivity contribution < 1.29 is 57.2 Å². The number of hydrogen-bond acceptors (Lipinski definition) is 13. The number of benzene rings is 6. The Balaban J connectivity index is 0.875. The zero-order valence-electron chi connectivity index (χ0n) is 75.8. The van der Waals surface area contributed by atoms with Crippen LogP contribution in [0.15, 0.2) is 201 Å². The van der Waals surface area contributed by atoms with Gasteiger partial charge in [0.2, 0.25) is 53.2 Å². The number of aryl methyl sites for hydroxylation is 3. The lowest BCUT2D eigenvalue weighted by Crippen LogP contribution is -2.53. The summed E-state index contributed by atoms with van der Waals surface area (Å²) in [5.74, 6) is -3.95. The van der Waals surface area contributed by atoms with Crippen molar-refractivity contribution in [2.24, 2.45) is 44.6 Å². The Labute approximate surface area is 748 Å². The number of amides is 9. The monoisotopic (exact) mass is 1730 g/mol. The fraction of sp³-hybridized carbons (Fsp3) is 0.485. The average molecular weight is 1730 g/mol. The lowest BCUT2D eigenvalue weighted by molar-refractivity contribution is -0.739. The topological polar surface area (TPSA) is 283 Å². The molecule has 0 spiro atoms. The zero-order chi connectivity index (χ0) is 90.0. The van der Waals surface area contributed by atoms with Crippen LogP contribution in [0.5, 0.6) is 0 Å². The van der Waals surface area contributed by atoms with E-state index >= 15 is 38.4 Å². The summed E-state index contributed by atoms with van der Waals surface area (Å²) in [7, 11) is 5.49. The second-order valence-corrected chi connectivity index (χ2v) is 35.3. The summed E-state index contributed by atoms with van der Waals surface area (Å²) < 4.78 is 11.0. The molecule has 0 aliphatic heterocycles. The van der Waals surface area contributed by atoms with Gasteiger partial charge in [0.15, 0.2) is 35.7 Å². The first kappa shape index (κ1) is 94.1. The Morgan fingerprint density at radius 1 is 0.323 bits per heavy atom. The van der Waals surface area contributed by atoms with E-state index in [-0.39, 0.29) is 25.5 Å². The van der Waals surface area contributed by atoms with Crippen LogP contribution in [0.3, 0.4) is 0 Å². The first-order chi connectivity index (χ1) is 61.3. The van der Waals surface area contributed by atoms with Crippen LogP contribution in [0.2, 0.25) is 0 Å². The lowest BCUT2D eigenvalue weighted by atomic mass is 9.89. The van der Waals surface area contributed by atoms with Gasteiger partial charge in [0.05, 0.1) is 84.6 Å². The van der Waals surface area contributed by atoms with E-state index in [0.717, 1.165) is 80.3 Å². The summed E-state index contributed by atoms with van der Waals surface area (Å²) in [6, 6.07) is 51.4. The molecule has 3 aliphatic rings. The van der Waals surface area contributed by atoms with Gasteiger partial charge in [0, 0.05) is 0 Å². The smallest absolute Gasteiger partial charge is 0.243 e. The van der Waals surface area contributed by atoms with Crippen LogP contribution in [-0.4, -0.2) is 181 Å². The molecule has 0 radical (unpaired) electrons. The molecule has 12 rings (SSSR count). The minimum atomic E-state index is -0.838. The van der Waals surface area contributed by atoms with Gasteiger partial charge in [-0.15, -0.1) is 28.1 Å². The van der Waals surface area contributed by atoms with Crippen molar-refractivity contribution in [2.45, 2.75) is 213 Å². The first-order valence-electron chi connectivity index (χ1n) is 45.7. The van der Waals surface area contributed by atoms with Crippen molar-refractivity contribution in [2.75, 3.05) is 58.9 Å². The van der Waals surface area contributed by atoms with Gasteiger partial charge < -0.3 is 50.2 Å². The van der Waals surface area contributed by atoms with E-state index in [1.165, 1.54) is 79.2 Å². The van der Waals surface area contributed by atoms with E-state index in [4.69, 9.17) is 21.4 Å². The van der Waals surface area contributed by atoms with Crippen molar-refractivity contribution in [1.82, 2.24) is 74.2 Å². The Hall–Kier alpha value is -12.1. The molecule has 6 atom stereocenters. The fourth-order valence-corrected chi connectivity index (χ4v) is 18.4. The molecule has 28 heteroatoms. The van der Waals surface area contributed by atoms with Crippen LogP contribution in [0.1, 0.15) is 225 Å². The van der Waals surface area contributed by atoms with Crippen LogP contribution >= 0.6 is 0 Å². The third-order valence-corrected chi connectivity index (χ3v) is 26.3. The fourth-order valence-electron chi connectivity index (χ4n) is 18.4. The molecule has 3 aliphatic carbocycles. The largest absolute Gasteiger partial charge is 0.368 e. The van der Waals surface area contributed by atoms with Gasteiger partial charge in [-0.1, -0.05) is 240 Å². The second kappa shape index (κ2) is 45.9. The minimum absolute atomic E-state index is 0.117. The maximum absolute atomic E-state index is 16.4. The number of nitrogens with zero attached hydrogens (tertiary/aromatic N) is 17. The van der Waals surface area contributed by atoms with Crippen LogP contribution < -0.4 is 25.1 Å². The molecule has 28 nitrogen and oxygen atoms in total. The molecule has 6 aromatic carbocycles. The number of rotatable bonds is 42. The molecule has 3 saturated carbocycles. The molecule has 3 aromatic heterocycles. The van der Waals surface area contributed by atoms with Gasteiger partial charge in [-0.05, 0) is 131 Å². The molecule has 0 unspecified atom stereocenters. The summed E-state index contributed by atoms with van der Waals surface area (Å²) in [4.78, 5) is 152. The van der Waals surface area contributed by atoms with Gasteiger partial charge in [-0.2, -0.15) is 0 Å². The molecular weight excluding hydrogens is 1600 g/mol. The van der Waals surface area contributed by atoms with Crippen LogP contribution in [0, 0.1) is 17.8 Å². The summed E-state index contributed by atoms with van der Waals surface area (Å²) in [6.07, 6.45) is 22.9. The SMILES string of the molecule is C[C@H](c1ccccc1)N(CC(N)=O)C(=O)CN(C(=O)CN(Cc1cn(CC2CCCCC2)n[n+]1C)C(=O)CN(C(=O)CN(C(=O)CN(Cc1cn(CC2CCCCC2)n[n+]1C)C(=O)CN(C(=O)CN(C(=O)CNCc1cn(CC2CCCCC2)n[n+]1C)[C@H](C)c1ccccc1)[C@H](C)c1ccccc1)[C@H](C)c1ccccc1)[C@H](C)c1ccccc1)[C@H](C)c1ccccc1. The molecule has 3 heterocycles. The van der Waals surface area contributed by atoms with Crippen molar-refractivity contribution in [3.05, 3.63) is 251 Å². The third kappa shape index (κ3) is 26.1. The van der Waals surface area contributed by atoms with E-state index in [0.29, 0.717) is 65.5 Å². The molecule has 3 N–H and O–H groups in total. The van der Waals surface area contributed by atoms with E-state index < -0.39 is 136 Å². The molecule has 127 heavy (non-hydrogen) atoms. The maximum atomic E-state index is 16.4. The number of hydrogen-bond donors (Lipinski definition) is 2. The molecule has 3 fully saturated rings. The summed E-state index contributed by atoms with van der Waals surface area (Å²) in [5.41, 5.74) is 12.2. The third-order valence-electron chi connectivity index (χ3n) is 26.3. The molecule has 9 aromatic rings. The number of carbonyl (C=O) groups is 9. The van der Waals surface area contributed by atoms with Crippen LogP contribution in [0.4, 0.5) is 0 Å². The second-order valence-electron chi connectivity index (χ2n) is 35.3. The summed E-state index contributed by atoms with van der Waals surface area (Å²) >= 11 is 0. The van der Waals surface area contributed by atoms with Gasteiger partial charge in [-0.3, -0.25) is 43.2 Å². The van der Waals surface area contributed by atoms with Gasteiger partial charge >= 0.3 is 0 Å². The zero-order valence-corrected chi connectivity index (χ0v) is 75.8. The Morgan fingerprint density at radius 2 is 0.551 bits per heavy atom. The molecule has 674 valence electrons. The van der Waals surface area contributed by atoms with Gasteiger partial charge in [0.1, 0.15) is 86.6 Å². The molecule has 9 amide bonds. The average Bonchev–Trinajstić information content (AvgIpc) is 1.81. The summed E-state index contributed by atoms with van der Waals surface area (Å²) in [6.45, 7) is 8.68. The number of nitrogens with two attached hydrogens (primary N) is 1. The standard InChI is InChI=1S/C99H131N19O9/c1-73(82-43-25-13-26-44-82)113(65-91(100)119)97(125)71-117(77(5)86-51-33-17-34-52-86)95(123)66-108(60-89-63-111(103-106(89)8)58-80-39-21-11-22-40-80)94(122)69-116(76(4)85-49-31-16-32-50-85)99(127)72-118(78(6)87-53-35-18-36-54-87)96(124)67-109(61-90-64-112(104-107(90)9)59-81-41-23-12-24-42-81)93(121)68-115(75(3)84-47-29-15-30-48-84)98(126)70-114(74(2)83-45-27-14-28-46-83)92(120)56-101-55-88-62-110(102-105(88)7)57-79-37-19-10-20-38-79/h13-18,25-36,43-54,62-64,73-81,101H,10-12,19-24,37-42,55-61,65-72H2,1-9H3,(H-,100,119)/q+2/p+1/t73-,74-,75-,76-,77-,78-/m1/s1. The maximum Gasteiger partial charge on any atom is 0.243 e. The highest BCUT2D eigenvalue weighted by Crippen LogP contribution is 2.33. The van der Waals surface area contributed by atoms with E-state index in [9.17, 15) is 4.79 Å². The molecule has 0 saturated heterocycles. The normalized spacial score (nSPS) is 15.3. The minimum Gasteiger partial charge on any atom is -0.368 e. The Kier molecular flexibility index (Phi) is 34.0. The number of aromatic nitrogens is 9.